The first-order chi connectivity index (χ1) is 14.6. The summed E-state index contributed by atoms with van der Waals surface area (Å²) in [4.78, 5) is 28.4. The van der Waals surface area contributed by atoms with Crippen molar-refractivity contribution in [2.24, 2.45) is 0 Å². The summed E-state index contributed by atoms with van der Waals surface area (Å²) in [5.41, 5.74) is 2.21. The number of methoxy groups -OCH3 is 1. The quantitative estimate of drug-likeness (QED) is 0.727. The van der Waals surface area contributed by atoms with Crippen molar-refractivity contribution in [1.82, 2.24) is 9.78 Å². The molecule has 0 saturated heterocycles. The normalized spacial score (nSPS) is 19.6. The maximum Gasteiger partial charge on any atom is 0.242 e. The smallest absolute Gasteiger partial charge is 0.242 e. The van der Waals surface area contributed by atoms with Crippen molar-refractivity contribution < 1.29 is 14.3 Å². The topological polar surface area (TPSA) is 76.5 Å². The van der Waals surface area contributed by atoms with Gasteiger partial charge in [0.25, 0.3) is 0 Å². The molecule has 3 heterocycles. The van der Waals surface area contributed by atoms with E-state index in [9.17, 15) is 9.59 Å². The van der Waals surface area contributed by atoms with Crippen LogP contribution < -0.4 is 15.0 Å². The molecule has 152 valence electrons. The second kappa shape index (κ2) is 6.73. The van der Waals surface area contributed by atoms with E-state index in [0.717, 1.165) is 34.7 Å². The molecular formula is C23H22N4O3. The van der Waals surface area contributed by atoms with Crippen LogP contribution in [0, 0.1) is 0 Å². The second-order valence-electron chi connectivity index (χ2n) is 7.62. The molecule has 2 amide bonds. The van der Waals surface area contributed by atoms with Crippen LogP contribution in [0.5, 0.6) is 5.75 Å². The first-order valence-corrected chi connectivity index (χ1v) is 10.0. The van der Waals surface area contributed by atoms with E-state index in [-0.39, 0.29) is 18.2 Å². The Bertz CT molecular complexity index is 1150. The molecule has 0 bridgehead atoms. The number of benzene rings is 2. The summed E-state index contributed by atoms with van der Waals surface area (Å²) in [5.74, 6) is 1.02. The van der Waals surface area contributed by atoms with Crippen molar-refractivity contribution in [3.05, 3.63) is 65.9 Å². The summed E-state index contributed by atoms with van der Waals surface area (Å²) < 4.78 is 6.90. The van der Waals surface area contributed by atoms with E-state index in [0.29, 0.717) is 12.4 Å². The molecule has 2 aromatic carbocycles. The molecule has 1 atom stereocenters. The Morgan fingerprint density at radius 1 is 1.10 bits per heavy atom. The van der Waals surface area contributed by atoms with E-state index >= 15 is 0 Å². The summed E-state index contributed by atoms with van der Waals surface area (Å²) in [6, 6.07) is 15.2. The van der Waals surface area contributed by atoms with Crippen molar-refractivity contribution in [2.75, 3.05) is 23.9 Å². The van der Waals surface area contributed by atoms with Gasteiger partial charge in [0.05, 0.1) is 19.0 Å². The van der Waals surface area contributed by atoms with Crippen molar-refractivity contribution in [3.8, 4) is 11.4 Å². The predicted octanol–water partition coefficient (Wildman–Crippen LogP) is 3.27. The number of nitrogens with one attached hydrogen (secondary N) is 1. The summed E-state index contributed by atoms with van der Waals surface area (Å²) in [7, 11) is 1.61. The molecule has 0 fully saturated rings. The van der Waals surface area contributed by atoms with Gasteiger partial charge in [-0.15, -0.1) is 0 Å². The molecule has 1 N–H and O–H groups in total. The van der Waals surface area contributed by atoms with E-state index < -0.39 is 5.41 Å². The molecule has 2 aliphatic rings. The van der Waals surface area contributed by atoms with Gasteiger partial charge >= 0.3 is 0 Å². The third-order valence-electron chi connectivity index (χ3n) is 5.94. The number of anilines is 2. The Morgan fingerprint density at radius 2 is 1.87 bits per heavy atom. The van der Waals surface area contributed by atoms with Crippen molar-refractivity contribution >= 4 is 23.3 Å². The van der Waals surface area contributed by atoms with Crippen LogP contribution in [-0.4, -0.2) is 35.2 Å². The van der Waals surface area contributed by atoms with Crippen LogP contribution in [0.3, 0.4) is 0 Å². The predicted molar refractivity (Wildman–Crippen MR) is 113 cm³/mol. The van der Waals surface area contributed by atoms with Gasteiger partial charge < -0.3 is 15.0 Å². The van der Waals surface area contributed by atoms with E-state index in [2.05, 4.69) is 10.4 Å². The van der Waals surface area contributed by atoms with Gasteiger partial charge in [0, 0.05) is 24.2 Å². The minimum Gasteiger partial charge on any atom is -0.497 e. The molecule has 5 rings (SSSR count). The van der Waals surface area contributed by atoms with E-state index in [1.54, 1.807) is 18.0 Å². The maximum absolute atomic E-state index is 13.8. The minimum atomic E-state index is -1.05. The number of hydrogen-bond acceptors (Lipinski definition) is 4. The largest absolute Gasteiger partial charge is 0.497 e. The first-order valence-electron chi connectivity index (χ1n) is 10.0. The van der Waals surface area contributed by atoms with Crippen molar-refractivity contribution in [2.45, 2.75) is 25.2 Å². The summed E-state index contributed by atoms with van der Waals surface area (Å²) in [6.07, 6.45) is 2.62. The number of aromatic nitrogens is 2. The zero-order chi connectivity index (χ0) is 20.9. The Morgan fingerprint density at radius 3 is 2.60 bits per heavy atom. The highest BCUT2D eigenvalue weighted by Gasteiger charge is 2.56. The van der Waals surface area contributed by atoms with Crippen LogP contribution in [0.4, 0.5) is 11.5 Å². The molecule has 0 aliphatic carbocycles. The zero-order valence-corrected chi connectivity index (χ0v) is 16.9. The monoisotopic (exact) mass is 402 g/mol. The fourth-order valence-corrected chi connectivity index (χ4v) is 4.61. The SMILES string of the molecule is CCCN1C(=O)C2(CC(=O)Nc3c2cnn3-c2ccc(OC)cc2)c2ccccc21. The van der Waals surface area contributed by atoms with E-state index in [1.807, 2.05) is 60.4 Å². The number of para-hydroxylation sites is 1. The van der Waals surface area contributed by atoms with Crippen LogP contribution in [0.2, 0.25) is 0 Å². The number of hydrogen-bond donors (Lipinski definition) is 1. The third-order valence-corrected chi connectivity index (χ3v) is 5.94. The molecule has 0 saturated carbocycles. The number of carbonyl (C=O) groups excluding carboxylic acids is 2. The highest BCUT2D eigenvalue weighted by Crippen LogP contribution is 2.52. The maximum atomic E-state index is 13.8. The van der Waals surface area contributed by atoms with Gasteiger partial charge in [-0.1, -0.05) is 25.1 Å². The summed E-state index contributed by atoms with van der Waals surface area (Å²) in [6.45, 7) is 2.66. The van der Waals surface area contributed by atoms with Crippen LogP contribution >= 0.6 is 0 Å². The number of amides is 2. The molecule has 2 aliphatic heterocycles. The highest BCUT2D eigenvalue weighted by molar-refractivity contribution is 6.15. The molecule has 1 aromatic heterocycles. The lowest BCUT2D eigenvalue weighted by atomic mass is 9.72. The lowest BCUT2D eigenvalue weighted by Gasteiger charge is -2.32. The standard InChI is InChI=1S/C23H22N4O3/c1-3-12-26-19-7-5-4-6-17(19)23(22(26)29)13-20(28)25-21-18(23)14-24-27(21)15-8-10-16(30-2)11-9-15/h4-11,14H,3,12-13H2,1-2H3,(H,25,28). The number of ether oxygens (including phenoxy) is 1. The first kappa shape index (κ1) is 18.4. The number of fused-ring (bicyclic) bond motifs is 4. The number of carbonyl (C=O) groups is 2. The van der Waals surface area contributed by atoms with Gasteiger partial charge in [0.15, 0.2) is 0 Å². The van der Waals surface area contributed by atoms with Gasteiger partial charge in [-0.2, -0.15) is 5.10 Å². The molecule has 3 aromatic rings. The molecule has 7 nitrogen and oxygen atoms in total. The van der Waals surface area contributed by atoms with Crippen LogP contribution in [0.15, 0.2) is 54.7 Å². The van der Waals surface area contributed by atoms with Crippen LogP contribution in [0.1, 0.15) is 30.9 Å². The number of rotatable bonds is 4. The van der Waals surface area contributed by atoms with Crippen LogP contribution in [-0.2, 0) is 15.0 Å². The van der Waals surface area contributed by atoms with Gasteiger partial charge in [0.1, 0.15) is 17.0 Å². The molecule has 30 heavy (non-hydrogen) atoms. The molecule has 1 spiro atoms. The summed E-state index contributed by atoms with van der Waals surface area (Å²) in [5, 5.41) is 7.49. The summed E-state index contributed by atoms with van der Waals surface area (Å²) >= 11 is 0. The Hall–Kier alpha value is -3.61. The third kappa shape index (κ3) is 2.41. The highest BCUT2D eigenvalue weighted by atomic mass is 16.5. The van der Waals surface area contributed by atoms with Crippen molar-refractivity contribution in [3.63, 3.8) is 0 Å². The van der Waals surface area contributed by atoms with Gasteiger partial charge in [0.2, 0.25) is 11.8 Å². The fourth-order valence-electron chi connectivity index (χ4n) is 4.61. The minimum absolute atomic E-state index is 0.0593. The van der Waals surface area contributed by atoms with Gasteiger partial charge in [-0.05, 0) is 42.3 Å². The van der Waals surface area contributed by atoms with Gasteiger partial charge in [-0.3, -0.25) is 9.59 Å². The van der Waals surface area contributed by atoms with E-state index in [4.69, 9.17) is 4.74 Å². The fraction of sp³-hybridized carbons (Fsp3) is 0.261. The molecule has 7 heteroatoms. The molecule has 1 unspecified atom stereocenters. The lowest BCUT2D eigenvalue weighted by molar-refractivity contribution is -0.126. The van der Waals surface area contributed by atoms with E-state index in [1.165, 1.54) is 0 Å². The Labute approximate surface area is 174 Å². The molecule has 0 radical (unpaired) electrons. The second-order valence-corrected chi connectivity index (χ2v) is 7.62. The van der Waals surface area contributed by atoms with Gasteiger partial charge in [-0.25, -0.2) is 4.68 Å². The van der Waals surface area contributed by atoms with Crippen molar-refractivity contribution in [1.29, 1.82) is 0 Å². The average molecular weight is 402 g/mol. The number of nitrogens with zero attached hydrogens (tertiary/aromatic N) is 3. The molecular weight excluding hydrogens is 380 g/mol. The lowest BCUT2D eigenvalue weighted by Crippen LogP contribution is -2.46. The Balaban J connectivity index is 1.71. The van der Waals surface area contributed by atoms with Crippen LogP contribution in [0.25, 0.3) is 5.69 Å². The average Bonchev–Trinajstić information content (AvgIpc) is 3.29. The Kier molecular flexibility index (Phi) is 4.13. The zero-order valence-electron chi connectivity index (χ0n) is 16.9.